The summed E-state index contributed by atoms with van der Waals surface area (Å²) in [6, 6.07) is 10.3. The molecule has 3 N–H and O–H groups in total. The average Bonchev–Trinajstić information content (AvgIpc) is 2.62. The van der Waals surface area contributed by atoms with Gasteiger partial charge in [0.05, 0.1) is 0 Å². The van der Waals surface area contributed by atoms with Crippen molar-refractivity contribution in [3.05, 3.63) is 69.1 Å². The van der Waals surface area contributed by atoms with Gasteiger partial charge in [0.2, 0.25) is 0 Å². The van der Waals surface area contributed by atoms with Gasteiger partial charge in [-0.25, -0.2) is 4.79 Å². The predicted octanol–water partition coefficient (Wildman–Crippen LogP) is 3.73. The molecule has 0 aliphatic rings. The molecule has 0 bridgehead atoms. The molecule has 1 amide bonds. The Bertz CT molecular complexity index is 1080. The molecule has 0 aliphatic carbocycles. The minimum Gasteiger partial charge on any atom is -0.492 e. The highest BCUT2D eigenvalue weighted by atomic mass is 35.5. The summed E-state index contributed by atoms with van der Waals surface area (Å²) in [5.74, 6) is 0.394. The fourth-order valence-electron chi connectivity index (χ4n) is 2.86. The van der Waals surface area contributed by atoms with Crippen LogP contribution in [0.3, 0.4) is 0 Å². The number of hydrogen-bond acceptors (Lipinski definition) is 5. The summed E-state index contributed by atoms with van der Waals surface area (Å²) in [5.41, 5.74) is 9.28. The second-order valence-corrected chi connectivity index (χ2v) is 6.48. The van der Waals surface area contributed by atoms with Gasteiger partial charge in [0, 0.05) is 29.2 Å². The van der Waals surface area contributed by atoms with Crippen molar-refractivity contribution in [1.29, 1.82) is 0 Å². The Kier molecular flexibility index (Phi) is 6.83. The highest BCUT2D eigenvalue weighted by Crippen LogP contribution is 2.26. The molecule has 1 aromatic heterocycles. The molecule has 3 rings (SSSR count). The van der Waals surface area contributed by atoms with E-state index in [1.54, 1.807) is 18.2 Å². The Hall–Kier alpha value is -2.83. The van der Waals surface area contributed by atoms with Crippen LogP contribution in [-0.4, -0.2) is 19.1 Å². The lowest BCUT2D eigenvalue weighted by Crippen LogP contribution is -2.14. The lowest BCUT2D eigenvalue weighted by Gasteiger charge is -2.13. The summed E-state index contributed by atoms with van der Waals surface area (Å²) in [6.45, 7) is 6.39. The van der Waals surface area contributed by atoms with Crippen molar-refractivity contribution in [1.82, 2.24) is 0 Å². The van der Waals surface area contributed by atoms with Crippen LogP contribution in [0.2, 0.25) is 0 Å². The number of aryl methyl sites for hydroxylation is 3. The van der Waals surface area contributed by atoms with Gasteiger partial charge in [-0.2, -0.15) is 0 Å². The van der Waals surface area contributed by atoms with Gasteiger partial charge in [-0.15, -0.1) is 12.4 Å². The molecule has 3 aromatic rings. The van der Waals surface area contributed by atoms with E-state index in [-0.39, 0.29) is 23.9 Å². The third kappa shape index (κ3) is 4.52. The van der Waals surface area contributed by atoms with Gasteiger partial charge in [-0.3, -0.25) is 4.79 Å². The van der Waals surface area contributed by atoms with Crippen LogP contribution in [0.15, 0.2) is 45.6 Å². The van der Waals surface area contributed by atoms with E-state index in [0.717, 1.165) is 22.1 Å². The molecule has 1 heterocycles. The molecule has 0 aliphatic heterocycles. The van der Waals surface area contributed by atoms with Crippen molar-refractivity contribution in [2.24, 2.45) is 5.73 Å². The minimum absolute atomic E-state index is 0. The van der Waals surface area contributed by atoms with Crippen LogP contribution >= 0.6 is 12.4 Å². The van der Waals surface area contributed by atoms with E-state index in [1.807, 2.05) is 32.9 Å². The Morgan fingerprint density at radius 3 is 2.54 bits per heavy atom. The number of rotatable bonds is 5. The molecule has 0 atom stereocenters. The molecular weight excluding hydrogens is 380 g/mol. The Morgan fingerprint density at radius 1 is 1.07 bits per heavy atom. The molecule has 6 nitrogen and oxygen atoms in total. The molecule has 0 saturated carbocycles. The summed E-state index contributed by atoms with van der Waals surface area (Å²) in [6.07, 6.45) is 0. The number of nitrogens with two attached hydrogens (primary N) is 1. The first-order chi connectivity index (χ1) is 12.9. The number of fused-ring (bicyclic) bond motifs is 1. The van der Waals surface area contributed by atoms with Gasteiger partial charge < -0.3 is 20.2 Å². The smallest absolute Gasteiger partial charge is 0.336 e. The average molecular weight is 403 g/mol. The van der Waals surface area contributed by atoms with Crippen LogP contribution in [0, 0.1) is 20.8 Å². The maximum atomic E-state index is 12.7. The zero-order valence-corrected chi connectivity index (χ0v) is 16.8. The molecule has 2 aromatic carbocycles. The maximum absolute atomic E-state index is 12.7. The summed E-state index contributed by atoms with van der Waals surface area (Å²) >= 11 is 0. The first-order valence-electron chi connectivity index (χ1n) is 8.69. The SMILES string of the molecule is Cc1cc2oc(=O)cc(C)c2cc1NC(=O)c1ccc(C)c(OCCN)c1.Cl. The number of anilines is 1. The number of carbonyl (C=O) groups is 1. The molecule has 148 valence electrons. The third-order valence-corrected chi connectivity index (χ3v) is 4.37. The highest BCUT2D eigenvalue weighted by Gasteiger charge is 2.13. The van der Waals surface area contributed by atoms with Crippen molar-refractivity contribution < 1.29 is 13.9 Å². The molecule has 0 spiro atoms. The Labute approximate surface area is 169 Å². The van der Waals surface area contributed by atoms with E-state index in [4.69, 9.17) is 14.9 Å². The van der Waals surface area contributed by atoms with Crippen molar-refractivity contribution in [2.75, 3.05) is 18.5 Å². The Morgan fingerprint density at radius 2 is 1.82 bits per heavy atom. The van der Waals surface area contributed by atoms with E-state index in [0.29, 0.717) is 35.7 Å². The van der Waals surface area contributed by atoms with Crippen LogP contribution in [0.4, 0.5) is 5.69 Å². The number of carbonyl (C=O) groups excluding carboxylic acids is 1. The predicted molar refractivity (Wildman–Crippen MR) is 113 cm³/mol. The number of ether oxygens (including phenoxy) is 1. The van der Waals surface area contributed by atoms with Gasteiger partial charge >= 0.3 is 5.63 Å². The van der Waals surface area contributed by atoms with Crippen molar-refractivity contribution in [2.45, 2.75) is 20.8 Å². The van der Waals surface area contributed by atoms with Gasteiger partial charge in [0.25, 0.3) is 5.91 Å². The Balaban J connectivity index is 0.00000280. The number of nitrogens with one attached hydrogen (secondary N) is 1. The van der Waals surface area contributed by atoms with E-state index in [2.05, 4.69) is 5.32 Å². The standard InChI is InChI=1S/C21H22N2O4.ClH/c1-12-4-5-15(10-18(12)26-7-6-22)21(25)23-17-11-16-13(2)9-20(24)27-19(16)8-14(17)3;/h4-5,8-11H,6-7,22H2,1-3H3,(H,23,25);1H. The van der Waals surface area contributed by atoms with E-state index < -0.39 is 0 Å². The summed E-state index contributed by atoms with van der Waals surface area (Å²) in [4.78, 5) is 24.3. The molecule has 0 saturated heterocycles. The van der Waals surface area contributed by atoms with E-state index in [1.165, 1.54) is 6.07 Å². The maximum Gasteiger partial charge on any atom is 0.336 e. The molecule has 0 fully saturated rings. The van der Waals surface area contributed by atoms with Crippen LogP contribution in [-0.2, 0) is 0 Å². The van der Waals surface area contributed by atoms with Crippen LogP contribution in [0.5, 0.6) is 5.75 Å². The second-order valence-electron chi connectivity index (χ2n) is 6.48. The number of halogens is 1. The quantitative estimate of drug-likeness (QED) is 0.634. The monoisotopic (exact) mass is 402 g/mol. The second kappa shape index (κ2) is 8.91. The van der Waals surface area contributed by atoms with E-state index in [9.17, 15) is 9.59 Å². The van der Waals surface area contributed by atoms with Gasteiger partial charge in [0.1, 0.15) is 17.9 Å². The molecule has 7 heteroatoms. The van der Waals surface area contributed by atoms with Crippen molar-refractivity contribution in [3.8, 4) is 5.75 Å². The molecule has 0 unspecified atom stereocenters. The summed E-state index contributed by atoms with van der Waals surface area (Å²) in [5, 5.41) is 3.71. The topological polar surface area (TPSA) is 94.6 Å². The van der Waals surface area contributed by atoms with Crippen LogP contribution in [0.1, 0.15) is 27.0 Å². The van der Waals surface area contributed by atoms with Crippen LogP contribution in [0.25, 0.3) is 11.0 Å². The number of hydrogen-bond donors (Lipinski definition) is 2. The fraction of sp³-hybridized carbons (Fsp3) is 0.238. The van der Waals surface area contributed by atoms with Crippen molar-refractivity contribution >= 4 is 35.0 Å². The first kappa shape index (κ1) is 21.5. The molecular formula is C21H23ClN2O4. The number of benzene rings is 2. The van der Waals surface area contributed by atoms with Gasteiger partial charge in [-0.1, -0.05) is 6.07 Å². The lowest BCUT2D eigenvalue weighted by molar-refractivity contribution is 0.102. The largest absolute Gasteiger partial charge is 0.492 e. The summed E-state index contributed by atoms with van der Waals surface area (Å²) < 4.78 is 10.8. The summed E-state index contributed by atoms with van der Waals surface area (Å²) in [7, 11) is 0. The van der Waals surface area contributed by atoms with Gasteiger partial charge in [0.15, 0.2) is 0 Å². The zero-order valence-electron chi connectivity index (χ0n) is 16.0. The first-order valence-corrected chi connectivity index (χ1v) is 8.69. The fourth-order valence-corrected chi connectivity index (χ4v) is 2.86. The third-order valence-electron chi connectivity index (χ3n) is 4.37. The number of amides is 1. The molecule has 28 heavy (non-hydrogen) atoms. The van der Waals surface area contributed by atoms with Gasteiger partial charge in [-0.05, 0) is 61.7 Å². The minimum atomic E-state index is -0.388. The molecule has 0 radical (unpaired) electrons. The normalized spacial score (nSPS) is 10.4. The lowest BCUT2D eigenvalue weighted by atomic mass is 10.1. The van der Waals surface area contributed by atoms with Crippen LogP contribution < -0.4 is 21.4 Å². The highest BCUT2D eigenvalue weighted by molar-refractivity contribution is 6.06. The van der Waals surface area contributed by atoms with E-state index >= 15 is 0 Å². The van der Waals surface area contributed by atoms with Crippen molar-refractivity contribution in [3.63, 3.8) is 0 Å². The zero-order chi connectivity index (χ0) is 19.6.